The molecule has 1 N–H and O–H groups in total. The molecule has 0 aliphatic rings. The molecule has 6 heteroatoms. The lowest BCUT2D eigenvalue weighted by molar-refractivity contribution is -0.142. The normalized spacial score (nSPS) is 12.4. The van der Waals surface area contributed by atoms with E-state index in [-0.39, 0.29) is 29.9 Å². The summed E-state index contributed by atoms with van der Waals surface area (Å²) in [7, 11) is 0. The smallest absolute Gasteiger partial charge is 0.261 e. The van der Waals surface area contributed by atoms with Gasteiger partial charge in [0, 0.05) is 16.6 Å². The Labute approximate surface area is 194 Å². The Kier molecular flexibility index (Phi) is 8.69. The predicted octanol–water partition coefficient (Wildman–Crippen LogP) is 5.28. The molecule has 0 saturated carbocycles. The van der Waals surface area contributed by atoms with E-state index in [0.29, 0.717) is 12.3 Å². The number of hydrogen-bond donors (Lipinski definition) is 1. The Hall–Kier alpha value is -2.34. The second-order valence-corrected chi connectivity index (χ2v) is 9.96. The summed E-state index contributed by atoms with van der Waals surface area (Å²) in [6.45, 7) is 11.9. The highest BCUT2D eigenvalue weighted by Gasteiger charge is 2.29. The summed E-state index contributed by atoms with van der Waals surface area (Å²) in [5, 5.41) is 2.97. The van der Waals surface area contributed by atoms with Crippen molar-refractivity contribution in [2.24, 2.45) is 0 Å². The molecule has 1 unspecified atom stereocenters. The lowest BCUT2D eigenvalue weighted by Gasteiger charge is -2.31. The number of para-hydroxylation sites is 1. The average molecular weight is 489 g/mol. The Morgan fingerprint density at radius 3 is 2.35 bits per heavy atom. The van der Waals surface area contributed by atoms with E-state index in [1.54, 1.807) is 11.8 Å². The zero-order valence-electron chi connectivity index (χ0n) is 19.2. The quantitative estimate of drug-likeness (QED) is 0.549. The van der Waals surface area contributed by atoms with Crippen LogP contribution in [-0.4, -0.2) is 34.9 Å². The Balaban J connectivity index is 2.22. The molecule has 2 aromatic rings. The van der Waals surface area contributed by atoms with E-state index in [4.69, 9.17) is 4.74 Å². The predicted molar refractivity (Wildman–Crippen MR) is 128 cm³/mol. The number of hydrogen-bond acceptors (Lipinski definition) is 3. The topological polar surface area (TPSA) is 58.6 Å². The lowest BCUT2D eigenvalue weighted by Crippen LogP contribution is -2.53. The standard InChI is InChI=1S/C25H33BrN2O3/c1-17(2)21-12-7-8-13-22(21)31-16-23(29)28(15-19-10-9-11-20(26)14-19)18(3)24(30)27-25(4,5)6/h7-14,17-18H,15-16H2,1-6H3,(H,27,30). The maximum atomic E-state index is 13.2. The van der Waals surface area contributed by atoms with E-state index in [2.05, 4.69) is 35.1 Å². The van der Waals surface area contributed by atoms with Crippen molar-refractivity contribution in [3.63, 3.8) is 0 Å². The first-order chi connectivity index (χ1) is 14.5. The first-order valence-electron chi connectivity index (χ1n) is 10.6. The van der Waals surface area contributed by atoms with Gasteiger partial charge >= 0.3 is 0 Å². The van der Waals surface area contributed by atoms with Gasteiger partial charge in [0.2, 0.25) is 5.91 Å². The molecule has 5 nitrogen and oxygen atoms in total. The van der Waals surface area contributed by atoms with Crippen LogP contribution in [0, 0.1) is 0 Å². The summed E-state index contributed by atoms with van der Waals surface area (Å²) >= 11 is 3.47. The number of rotatable bonds is 8. The van der Waals surface area contributed by atoms with Crippen LogP contribution >= 0.6 is 15.9 Å². The minimum absolute atomic E-state index is 0.134. The lowest BCUT2D eigenvalue weighted by atomic mass is 10.0. The molecule has 0 radical (unpaired) electrons. The number of nitrogens with one attached hydrogen (secondary N) is 1. The highest BCUT2D eigenvalue weighted by Crippen LogP contribution is 2.26. The average Bonchev–Trinajstić information content (AvgIpc) is 2.68. The zero-order valence-corrected chi connectivity index (χ0v) is 20.8. The third kappa shape index (κ3) is 7.69. The van der Waals surface area contributed by atoms with Gasteiger partial charge in [0.15, 0.2) is 6.61 Å². The van der Waals surface area contributed by atoms with Crippen LogP contribution in [0.4, 0.5) is 0 Å². The number of carbonyl (C=O) groups excluding carboxylic acids is 2. The van der Waals surface area contributed by atoms with Gasteiger partial charge in [0.25, 0.3) is 5.91 Å². The van der Waals surface area contributed by atoms with Crippen LogP contribution in [0.1, 0.15) is 58.6 Å². The second kappa shape index (κ2) is 10.8. The van der Waals surface area contributed by atoms with Crippen LogP contribution in [0.5, 0.6) is 5.75 Å². The summed E-state index contributed by atoms with van der Waals surface area (Å²) < 4.78 is 6.82. The minimum Gasteiger partial charge on any atom is -0.483 e. The first-order valence-corrected chi connectivity index (χ1v) is 11.3. The summed E-state index contributed by atoms with van der Waals surface area (Å²) in [6, 6.07) is 14.8. The number of halogens is 1. The van der Waals surface area contributed by atoms with Gasteiger partial charge in [-0.15, -0.1) is 0 Å². The zero-order chi connectivity index (χ0) is 23.2. The third-order valence-corrected chi connectivity index (χ3v) is 5.29. The second-order valence-electron chi connectivity index (χ2n) is 9.05. The fraction of sp³-hybridized carbons (Fsp3) is 0.440. The van der Waals surface area contributed by atoms with Gasteiger partial charge in [0.1, 0.15) is 11.8 Å². The molecule has 0 aliphatic heterocycles. The van der Waals surface area contributed by atoms with Gasteiger partial charge in [-0.1, -0.05) is 60.1 Å². The molecule has 2 rings (SSSR count). The molecule has 0 heterocycles. The molecule has 1 atom stereocenters. The maximum absolute atomic E-state index is 13.2. The minimum atomic E-state index is -0.644. The van der Waals surface area contributed by atoms with Crippen LogP contribution in [0.2, 0.25) is 0 Å². The van der Waals surface area contributed by atoms with Crippen LogP contribution in [-0.2, 0) is 16.1 Å². The molecule has 2 aromatic carbocycles. The number of benzene rings is 2. The third-order valence-electron chi connectivity index (χ3n) is 4.80. The number of nitrogens with zero attached hydrogens (tertiary/aromatic N) is 1. The van der Waals surface area contributed by atoms with Crippen LogP contribution in [0.3, 0.4) is 0 Å². The van der Waals surface area contributed by atoms with E-state index in [0.717, 1.165) is 15.6 Å². The molecule has 0 spiro atoms. The molecule has 0 fully saturated rings. The highest BCUT2D eigenvalue weighted by molar-refractivity contribution is 9.10. The molecule has 2 amide bonds. The highest BCUT2D eigenvalue weighted by atomic mass is 79.9. The molecule has 0 aliphatic carbocycles. The first kappa shape index (κ1) is 24.9. The van der Waals surface area contributed by atoms with Crippen molar-refractivity contribution in [3.8, 4) is 5.75 Å². The van der Waals surface area contributed by atoms with E-state index < -0.39 is 6.04 Å². The monoisotopic (exact) mass is 488 g/mol. The summed E-state index contributed by atoms with van der Waals surface area (Å²) in [5.41, 5.74) is 1.59. The summed E-state index contributed by atoms with van der Waals surface area (Å²) in [5.74, 6) is 0.536. The van der Waals surface area contributed by atoms with Crippen LogP contribution in [0.25, 0.3) is 0 Å². The largest absolute Gasteiger partial charge is 0.483 e. The van der Waals surface area contributed by atoms with Crippen LogP contribution in [0.15, 0.2) is 53.0 Å². The number of amides is 2. The van der Waals surface area contributed by atoms with Crippen molar-refractivity contribution in [1.29, 1.82) is 0 Å². The fourth-order valence-electron chi connectivity index (χ4n) is 3.20. The van der Waals surface area contributed by atoms with Crippen molar-refractivity contribution in [2.45, 2.75) is 65.6 Å². The Morgan fingerprint density at radius 1 is 1.06 bits per heavy atom. The number of carbonyl (C=O) groups is 2. The summed E-state index contributed by atoms with van der Waals surface area (Å²) in [6.07, 6.45) is 0. The van der Waals surface area contributed by atoms with Crippen molar-refractivity contribution in [1.82, 2.24) is 10.2 Å². The number of ether oxygens (including phenoxy) is 1. The SMILES string of the molecule is CC(C)c1ccccc1OCC(=O)N(Cc1cccc(Br)c1)C(C)C(=O)NC(C)(C)C. The van der Waals surface area contributed by atoms with Gasteiger partial charge in [0.05, 0.1) is 0 Å². The molecule has 0 saturated heterocycles. The van der Waals surface area contributed by atoms with Gasteiger partial charge < -0.3 is 15.0 Å². The molecule has 0 bridgehead atoms. The van der Waals surface area contributed by atoms with Crippen molar-refractivity contribution in [3.05, 3.63) is 64.1 Å². The molecular formula is C25H33BrN2O3. The van der Waals surface area contributed by atoms with Gasteiger partial charge in [-0.2, -0.15) is 0 Å². The van der Waals surface area contributed by atoms with E-state index in [9.17, 15) is 9.59 Å². The maximum Gasteiger partial charge on any atom is 0.261 e. The van der Waals surface area contributed by atoms with Crippen molar-refractivity contribution in [2.75, 3.05) is 6.61 Å². The Morgan fingerprint density at radius 2 is 1.74 bits per heavy atom. The molecular weight excluding hydrogens is 456 g/mol. The van der Waals surface area contributed by atoms with E-state index in [1.807, 2.05) is 69.3 Å². The van der Waals surface area contributed by atoms with Crippen LogP contribution < -0.4 is 10.1 Å². The van der Waals surface area contributed by atoms with Gasteiger partial charge in [-0.3, -0.25) is 9.59 Å². The summed E-state index contributed by atoms with van der Waals surface area (Å²) in [4.78, 5) is 27.6. The van der Waals surface area contributed by atoms with Crippen molar-refractivity contribution >= 4 is 27.7 Å². The Bertz CT molecular complexity index is 906. The molecule has 31 heavy (non-hydrogen) atoms. The molecule has 0 aromatic heterocycles. The fourth-order valence-corrected chi connectivity index (χ4v) is 3.65. The van der Waals surface area contributed by atoms with Crippen molar-refractivity contribution < 1.29 is 14.3 Å². The molecule has 168 valence electrons. The van der Waals surface area contributed by atoms with Gasteiger partial charge in [-0.25, -0.2) is 0 Å². The van der Waals surface area contributed by atoms with E-state index >= 15 is 0 Å². The van der Waals surface area contributed by atoms with Gasteiger partial charge in [-0.05, 0) is 62.9 Å². The van der Waals surface area contributed by atoms with E-state index in [1.165, 1.54) is 0 Å².